The number of amides is 1. The molecule has 0 N–H and O–H groups in total. The summed E-state index contributed by atoms with van der Waals surface area (Å²) in [5.74, 6) is 2.11. The molecule has 3 aromatic rings. The Hall–Kier alpha value is -2.98. The molecule has 1 amide bonds. The summed E-state index contributed by atoms with van der Waals surface area (Å²) in [6, 6.07) is 25.5. The highest BCUT2D eigenvalue weighted by Gasteiger charge is 2.27. The van der Waals surface area contributed by atoms with Gasteiger partial charge in [0.2, 0.25) is 5.91 Å². The van der Waals surface area contributed by atoms with Gasteiger partial charge in [-0.3, -0.25) is 9.69 Å². The molecule has 5 rings (SSSR count). The Bertz CT molecular complexity index is 1080. The summed E-state index contributed by atoms with van der Waals surface area (Å²) in [5.41, 5.74) is 3.98. The normalized spacial score (nSPS) is 19.0. The van der Waals surface area contributed by atoms with Gasteiger partial charge in [0.25, 0.3) is 0 Å². The number of hydrogen-bond acceptors (Lipinski definition) is 3. The van der Waals surface area contributed by atoms with E-state index in [4.69, 9.17) is 0 Å². The number of rotatable bonds is 8. The van der Waals surface area contributed by atoms with Crippen LogP contribution >= 0.6 is 0 Å². The predicted octanol–water partition coefficient (Wildman–Crippen LogP) is 6.54. The van der Waals surface area contributed by atoms with Gasteiger partial charge in [-0.1, -0.05) is 79.9 Å². The van der Waals surface area contributed by atoms with E-state index in [0.29, 0.717) is 24.8 Å². The summed E-state index contributed by atoms with van der Waals surface area (Å²) in [7, 11) is 0. The minimum Gasteiger partial charge on any atom is -0.301 e. The third kappa shape index (κ3) is 6.18. The fourth-order valence-corrected chi connectivity index (χ4v) is 5.78. The summed E-state index contributed by atoms with van der Waals surface area (Å²) in [6.45, 7) is 3.72. The maximum Gasteiger partial charge on any atom is 0.228 e. The number of benzene rings is 2. The van der Waals surface area contributed by atoms with Crippen LogP contribution in [-0.4, -0.2) is 42.0 Å². The number of nitrogens with zero attached hydrogens (tertiary/aromatic N) is 3. The zero-order valence-electron chi connectivity index (χ0n) is 20.7. The molecule has 1 aliphatic carbocycles. The van der Waals surface area contributed by atoms with Gasteiger partial charge in [0.1, 0.15) is 5.82 Å². The fraction of sp³-hybridized carbons (Fsp3) is 0.419. The molecule has 1 aliphatic heterocycles. The molecular formula is C31H37N3O. The van der Waals surface area contributed by atoms with Crippen molar-refractivity contribution in [3.05, 3.63) is 84.6 Å². The van der Waals surface area contributed by atoms with Gasteiger partial charge in [0.15, 0.2) is 0 Å². The highest BCUT2D eigenvalue weighted by molar-refractivity contribution is 5.92. The number of carbonyl (C=O) groups is 1. The second-order valence-electron chi connectivity index (χ2n) is 10.2. The molecule has 0 bridgehead atoms. The molecule has 182 valence electrons. The van der Waals surface area contributed by atoms with Crippen molar-refractivity contribution in [1.29, 1.82) is 0 Å². The maximum absolute atomic E-state index is 13.3. The van der Waals surface area contributed by atoms with E-state index in [0.717, 1.165) is 31.9 Å². The smallest absolute Gasteiger partial charge is 0.228 e. The van der Waals surface area contributed by atoms with E-state index >= 15 is 0 Å². The zero-order chi connectivity index (χ0) is 23.9. The van der Waals surface area contributed by atoms with Gasteiger partial charge in [-0.25, -0.2) is 4.98 Å². The Kier molecular flexibility index (Phi) is 7.89. The standard InChI is InChI=1S/C31H37N3O/c35-31(22-25-10-3-1-4-11-25)34(30-16-7-8-18-32-30)21-20-33-19-17-29(24-33)28-15-9-14-27(23-28)26-12-5-2-6-13-26/h2,5-9,12-16,18,23,25,29H,1,3-4,10-11,17,19-22,24H2. The lowest BCUT2D eigenvalue weighted by Gasteiger charge is -2.28. The SMILES string of the molecule is O=C(CC1CCCCC1)N(CCN1CCC(c2cccc(-c3ccccc3)c2)C1)c1ccccn1. The molecule has 1 atom stereocenters. The van der Waals surface area contributed by atoms with Crippen LogP contribution in [-0.2, 0) is 4.79 Å². The number of aromatic nitrogens is 1. The molecule has 2 aromatic carbocycles. The Morgan fingerprint density at radius 3 is 2.49 bits per heavy atom. The minimum atomic E-state index is 0.238. The van der Waals surface area contributed by atoms with E-state index in [-0.39, 0.29) is 5.91 Å². The van der Waals surface area contributed by atoms with Crippen LogP contribution in [0.3, 0.4) is 0 Å². The lowest BCUT2D eigenvalue weighted by molar-refractivity contribution is -0.119. The van der Waals surface area contributed by atoms with Crippen molar-refractivity contribution in [2.24, 2.45) is 5.92 Å². The third-order valence-corrected chi connectivity index (χ3v) is 7.79. The first-order chi connectivity index (χ1) is 17.3. The monoisotopic (exact) mass is 467 g/mol. The third-order valence-electron chi connectivity index (χ3n) is 7.79. The second kappa shape index (κ2) is 11.6. The van der Waals surface area contributed by atoms with Crippen LogP contribution in [0.4, 0.5) is 5.82 Å². The minimum absolute atomic E-state index is 0.238. The number of anilines is 1. The van der Waals surface area contributed by atoms with Crippen LogP contribution in [0.15, 0.2) is 79.0 Å². The van der Waals surface area contributed by atoms with Crippen molar-refractivity contribution in [3.8, 4) is 11.1 Å². The van der Waals surface area contributed by atoms with Crippen LogP contribution in [0.5, 0.6) is 0 Å². The van der Waals surface area contributed by atoms with Crippen molar-refractivity contribution in [2.75, 3.05) is 31.1 Å². The zero-order valence-corrected chi connectivity index (χ0v) is 20.7. The van der Waals surface area contributed by atoms with E-state index in [2.05, 4.69) is 64.5 Å². The summed E-state index contributed by atoms with van der Waals surface area (Å²) in [4.78, 5) is 22.3. The van der Waals surface area contributed by atoms with Gasteiger partial charge in [-0.05, 0) is 66.5 Å². The molecule has 35 heavy (non-hydrogen) atoms. The number of pyridine rings is 1. The number of hydrogen-bond donors (Lipinski definition) is 0. The van der Waals surface area contributed by atoms with Crippen LogP contribution in [0.2, 0.25) is 0 Å². The molecule has 4 nitrogen and oxygen atoms in total. The van der Waals surface area contributed by atoms with E-state index in [9.17, 15) is 4.79 Å². The van der Waals surface area contributed by atoms with Crippen LogP contribution in [0, 0.1) is 5.92 Å². The lowest BCUT2D eigenvalue weighted by atomic mass is 9.86. The molecular weight excluding hydrogens is 430 g/mol. The molecule has 4 heteroatoms. The van der Waals surface area contributed by atoms with Crippen molar-refractivity contribution in [2.45, 2.75) is 50.9 Å². The maximum atomic E-state index is 13.3. The largest absolute Gasteiger partial charge is 0.301 e. The topological polar surface area (TPSA) is 36.4 Å². The van der Waals surface area contributed by atoms with Crippen molar-refractivity contribution in [1.82, 2.24) is 9.88 Å². The molecule has 1 aromatic heterocycles. The Labute approximate surface area is 210 Å². The first kappa shape index (κ1) is 23.7. The van der Waals surface area contributed by atoms with Crippen molar-refractivity contribution < 1.29 is 4.79 Å². The molecule has 0 spiro atoms. The van der Waals surface area contributed by atoms with Crippen molar-refractivity contribution >= 4 is 11.7 Å². The average molecular weight is 468 g/mol. The molecule has 1 unspecified atom stereocenters. The average Bonchev–Trinajstić information content (AvgIpc) is 3.40. The lowest BCUT2D eigenvalue weighted by Crippen LogP contribution is -2.39. The highest BCUT2D eigenvalue weighted by Crippen LogP contribution is 2.31. The first-order valence-corrected chi connectivity index (χ1v) is 13.4. The van der Waals surface area contributed by atoms with Gasteiger partial charge < -0.3 is 4.90 Å². The second-order valence-corrected chi connectivity index (χ2v) is 10.2. The van der Waals surface area contributed by atoms with Crippen LogP contribution in [0.25, 0.3) is 11.1 Å². The summed E-state index contributed by atoms with van der Waals surface area (Å²) >= 11 is 0. The van der Waals surface area contributed by atoms with E-state index in [1.54, 1.807) is 6.20 Å². The quantitative estimate of drug-likeness (QED) is 0.377. The van der Waals surface area contributed by atoms with Gasteiger partial charge in [-0.15, -0.1) is 0 Å². The van der Waals surface area contributed by atoms with Gasteiger partial charge in [0, 0.05) is 32.3 Å². The Balaban J connectivity index is 1.21. The van der Waals surface area contributed by atoms with Gasteiger partial charge >= 0.3 is 0 Å². The highest BCUT2D eigenvalue weighted by atomic mass is 16.2. The summed E-state index contributed by atoms with van der Waals surface area (Å²) in [6.07, 6.45) is 9.85. The molecule has 0 radical (unpaired) electrons. The predicted molar refractivity (Wildman–Crippen MR) is 143 cm³/mol. The van der Waals surface area contributed by atoms with Crippen molar-refractivity contribution in [3.63, 3.8) is 0 Å². The van der Waals surface area contributed by atoms with E-state index in [1.165, 1.54) is 48.8 Å². The molecule has 2 heterocycles. The van der Waals surface area contributed by atoms with Gasteiger partial charge in [-0.2, -0.15) is 0 Å². The first-order valence-electron chi connectivity index (χ1n) is 13.4. The molecule has 1 saturated carbocycles. The number of carbonyl (C=O) groups excluding carboxylic acids is 1. The Morgan fingerprint density at radius 1 is 0.886 bits per heavy atom. The van der Waals surface area contributed by atoms with Gasteiger partial charge in [0.05, 0.1) is 0 Å². The summed E-state index contributed by atoms with van der Waals surface area (Å²) < 4.78 is 0. The van der Waals surface area contributed by atoms with E-state index < -0.39 is 0 Å². The molecule has 1 saturated heterocycles. The van der Waals surface area contributed by atoms with Crippen LogP contribution in [0.1, 0.15) is 56.4 Å². The fourth-order valence-electron chi connectivity index (χ4n) is 5.78. The summed E-state index contributed by atoms with van der Waals surface area (Å²) in [5, 5.41) is 0. The van der Waals surface area contributed by atoms with Crippen LogP contribution < -0.4 is 4.90 Å². The Morgan fingerprint density at radius 2 is 1.69 bits per heavy atom. The van der Waals surface area contributed by atoms with E-state index in [1.807, 2.05) is 23.1 Å². The number of likely N-dealkylation sites (tertiary alicyclic amines) is 1. The molecule has 2 aliphatic rings. The molecule has 2 fully saturated rings.